The third kappa shape index (κ3) is 3.98. The maximum Gasteiger partial charge on any atom is 0.180 e. The summed E-state index contributed by atoms with van der Waals surface area (Å²) in [5.74, 6) is 0. The summed E-state index contributed by atoms with van der Waals surface area (Å²) in [5.41, 5.74) is 3.93. The quantitative estimate of drug-likeness (QED) is 0.433. The highest BCUT2D eigenvalue weighted by molar-refractivity contribution is 5.77. The zero-order chi connectivity index (χ0) is 18.3. The Bertz CT molecular complexity index is 1000. The molecule has 0 unspecified atom stereocenters. The first-order chi connectivity index (χ1) is 13.4. The number of aromatic amines is 2. The Balaban J connectivity index is 0.0000001000. The highest BCUT2D eigenvalue weighted by atomic mass is 15.1. The highest BCUT2D eigenvalue weighted by Gasteiger charge is 1.91. The number of pyridine rings is 1. The highest BCUT2D eigenvalue weighted by Crippen LogP contribution is 2.07. The molecular weight excluding hydrogens is 338 g/mol. The van der Waals surface area contributed by atoms with E-state index in [2.05, 4.69) is 46.7 Å². The minimum absolute atomic E-state index is 0.713. The first-order valence-electron chi connectivity index (χ1n) is 8.39. The van der Waals surface area contributed by atoms with Crippen LogP contribution in [-0.4, -0.2) is 34.5 Å². The molecule has 0 aliphatic carbocycles. The van der Waals surface area contributed by atoms with Crippen LogP contribution in [0.3, 0.4) is 0 Å². The number of nitrogens with zero attached hydrogens (tertiary/aromatic N) is 5. The van der Waals surface area contributed by atoms with Crippen molar-refractivity contribution in [2.45, 2.75) is 0 Å². The summed E-state index contributed by atoms with van der Waals surface area (Å²) in [7, 11) is 0. The minimum Gasteiger partial charge on any atom is -0.342 e. The molecule has 132 valence electrons. The number of nitrogens with one attached hydrogen (secondary N) is 2. The Labute approximate surface area is 154 Å². The molecule has 0 bridgehead atoms. The zero-order valence-corrected chi connectivity index (χ0v) is 14.4. The Morgan fingerprint density at radius 2 is 1.63 bits per heavy atom. The molecule has 1 aromatic carbocycles. The monoisotopic (exact) mass is 355 g/mol. The van der Waals surface area contributed by atoms with Gasteiger partial charge in [-0.1, -0.05) is 24.3 Å². The first-order valence-corrected chi connectivity index (χ1v) is 8.39. The molecule has 0 saturated heterocycles. The lowest BCUT2D eigenvalue weighted by atomic mass is 10.3. The normalized spacial score (nSPS) is 10.2. The first kappa shape index (κ1) is 16.5. The lowest BCUT2D eigenvalue weighted by Crippen LogP contribution is -1.76. The molecule has 0 saturated carbocycles. The molecule has 0 aliphatic heterocycles. The van der Waals surface area contributed by atoms with E-state index in [4.69, 9.17) is 0 Å². The van der Waals surface area contributed by atoms with Gasteiger partial charge in [0.05, 0.1) is 24.2 Å². The van der Waals surface area contributed by atoms with Gasteiger partial charge in [0.15, 0.2) is 5.65 Å². The standard InChI is InChI=1S/C8H7N.C7H6N2.C5H4N4/c1-2-6-9-7-3-5-8(9)4-1;1-2-4-7-6(3-1)5-8-9-7;1-4-5(8-2-6-1)9-3-7-4/h1-7H;1-5H,(H,8,9);1-3H,(H,6,7,8,9). The third-order valence-corrected chi connectivity index (χ3v) is 3.88. The van der Waals surface area contributed by atoms with Crippen LogP contribution in [-0.2, 0) is 0 Å². The summed E-state index contributed by atoms with van der Waals surface area (Å²) in [5, 5.41) is 7.91. The van der Waals surface area contributed by atoms with Crippen LogP contribution >= 0.6 is 0 Å². The van der Waals surface area contributed by atoms with E-state index in [9.17, 15) is 0 Å². The molecule has 6 rings (SSSR count). The van der Waals surface area contributed by atoms with Crippen molar-refractivity contribution < 1.29 is 0 Å². The van der Waals surface area contributed by atoms with E-state index in [-0.39, 0.29) is 0 Å². The van der Waals surface area contributed by atoms with Gasteiger partial charge in [0.1, 0.15) is 11.8 Å². The van der Waals surface area contributed by atoms with E-state index < -0.39 is 0 Å². The molecule has 0 radical (unpaired) electrons. The SMILES string of the molecule is c1ccc2[nH]ncc2c1.c1ccn2cccc2c1.c1ncc2[nH]cnc2n1. The van der Waals surface area contributed by atoms with Gasteiger partial charge in [-0.2, -0.15) is 5.10 Å². The number of imidazole rings is 1. The van der Waals surface area contributed by atoms with Crippen molar-refractivity contribution in [2.24, 2.45) is 0 Å². The molecule has 7 nitrogen and oxygen atoms in total. The number of H-pyrrole nitrogens is 2. The Morgan fingerprint density at radius 3 is 2.52 bits per heavy atom. The summed E-state index contributed by atoms with van der Waals surface area (Å²) < 4.78 is 2.08. The average molecular weight is 355 g/mol. The Kier molecular flexibility index (Phi) is 4.83. The van der Waals surface area contributed by atoms with Gasteiger partial charge in [-0.05, 0) is 30.3 Å². The topological polar surface area (TPSA) is 87.5 Å². The van der Waals surface area contributed by atoms with Crippen LogP contribution in [0.2, 0.25) is 0 Å². The maximum atomic E-state index is 3.91. The number of hydrogen-bond acceptors (Lipinski definition) is 4. The Morgan fingerprint density at radius 1 is 0.778 bits per heavy atom. The van der Waals surface area contributed by atoms with Crippen molar-refractivity contribution in [1.29, 1.82) is 0 Å². The van der Waals surface area contributed by atoms with E-state index in [1.807, 2.05) is 61.1 Å². The predicted octanol–water partition coefficient (Wildman–Crippen LogP) is 3.86. The molecule has 2 N–H and O–H groups in total. The van der Waals surface area contributed by atoms with Gasteiger partial charge in [0, 0.05) is 23.3 Å². The van der Waals surface area contributed by atoms with Crippen LogP contribution in [0.4, 0.5) is 0 Å². The van der Waals surface area contributed by atoms with Gasteiger partial charge in [-0.15, -0.1) is 0 Å². The van der Waals surface area contributed by atoms with Crippen LogP contribution < -0.4 is 0 Å². The van der Waals surface area contributed by atoms with Gasteiger partial charge < -0.3 is 9.38 Å². The van der Waals surface area contributed by atoms with Gasteiger partial charge in [-0.3, -0.25) is 5.10 Å². The number of rotatable bonds is 0. The molecule has 27 heavy (non-hydrogen) atoms. The van der Waals surface area contributed by atoms with Crippen molar-refractivity contribution in [3.63, 3.8) is 0 Å². The van der Waals surface area contributed by atoms with Crippen LogP contribution in [0, 0.1) is 0 Å². The van der Waals surface area contributed by atoms with E-state index in [1.165, 1.54) is 11.8 Å². The fourth-order valence-corrected chi connectivity index (χ4v) is 2.55. The van der Waals surface area contributed by atoms with Crippen molar-refractivity contribution in [3.05, 3.63) is 92.0 Å². The third-order valence-electron chi connectivity index (χ3n) is 3.88. The van der Waals surface area contributed by atoms with E-state index in [0.717, 1.165) is 16.4 Å². The number of fused-ring (bicyclic) bond motifs is 3. The fourth-order valence-electron chi connectivity index (χ4n) is 2.55. The average Bonchev–Trinajstić information content (AvgIpc) is 3.48. The van der Waals surface area contributed by atoms with Crippen LogP contribution in [0.25, 0.3) is 27.6 Å². The van der Waals surface area contributed by atoms with Crippen LogP contribution in [0.5, 0.6) is 0 Å². The molecule has 5 aromatic heterocycles. The predicted molar refractivity (Wildman–Crippen MR) is 105 cm³/mol. The van der Waals surface area contributed by atoms with Gasteiger partial charge in [-0.25, -0.2) is 15.0 Å². The molecular formula is C20H17N7. The van der Waals surface area contributed by atoms with Gasteiger partial charge in [0.2, 0.25) is 0 Å². The maximum absolute atomic E-state index is 3.91. The second kappa shape index (κ2) is 7.92. The van der Waals surface area contributed by atoms with Gasteiger partial charge in [0.25, 0.3) is 0 Å². The molecule has 0 fully saturated rings. The summed E-state index contributed by atoms with van der Waals surface area (Å²) in [6, 6.07) is 18.3. The molecule has 6 aromatic rings. The van der Waals surface area contributed by atoms with Crippen molar-refractivity contribution in [3.8, 4) is 0 Å². The molecule has 5 heterocycles. The van der Waals surface area contributed by atoms with Crippen LogP contribution in [0.1, 0.15) is 0 Å². The number of hydrogen-bond donors (Lipinski definition) is 2. The van der Waals surface area contributed by atoms with E-state index >= 15 is 0 Å². The molecule has 0 amide bonds. The molecule has 0 aliphatic rings. The number of aromatic nitrogens is 7. The van der Waals surface area contributed by atoms with Gasteiger partial charge >= 0.3 is 0 Å². The molecule has 7 heteroatoms. The second-order valence-corrected chi connectivity index (χ2v) is 5.66. The van der Waals surface area contributed by atoms with E-state index in [1.54, 1.807) is 12.5 Å². The summed E-state index contributed by atoms with van der Waals surface area (Å²) in [4.78, 5) is 14.5. The zero-order valence-electron chi connectivity index (χ0n) is 14.4. The largest absolute Gasteiger partial charge is 0.342 e. The summed E-state index contributed by atoms with van der Waals surface area (Å²) in [6.45, 7) is 0. The summed E-state index contributed by atoms with van der Waals surface area (Å²) in [6.07, 6.45) is 10.7. The molecule has 0 spiro atoms. The lowest BCUT2D eigenvalue weighted by molar-refractivity contribution is 1.12. The van der Waals surface area contributed by atoms with Crippen molar-refractivity contribution in [2.75, 3.05) is 0 Å². The van der Waals surface area contributed by atoms with Crippen LogP contribution in [0.15, 0.2) is 92.0 Å². The summed E-state index contributed by atoms with van der Waals surface area (Å²) >= 11 is 0. The Hall–Kier alpha value is -4.00. The van der Waals surface area contributed by atoms with Crippen molar-refractivity contribution in [1.82, 2.24) is 34.5 Å². The fraction of sp³-hybridized carbons (Fsp3) is 0. The van der Waals surface area contributed by atoms with E-state index in [0.29, 0.717) is 5.65 Å². The lowest BCUT2D eigenvalue weighted by Gasteiger charge is -1.88. The smallest absolute Gasteiger partial charge is 0.180 e. The molecule has 0 atom stereocenters. The van der Waals surface area contributed by atoms with Crippen molar-refractivity contribution >= 4 is 27.6 Å². The minimum atomic E-state index is 0.713. The number of benzene rings is 1. The number of para-hydroxylation sites is 1. The second-order valence-electron chi connectivity index (χ2n) is 5.66.